The summed E-state index contributed by atoms with van der Waals surface area (Å²) in [5, 5.41) is 14.5. The Morgan fingerprint density at radius 2 is 2.05 bits per heavy atom. The van der Waals surface area contributed by atoms with Crippen molar-refractivity contribution in [3.63, 3.8) is 0 Å². The van der Waals surface area contributed by atoms with Gasteiger partial charge in [-0.15, -0.1) is 11.3 Å². The number of hydrogen-bond donors (Lipinski definition) is 2. The molecule has 0 aromatic carbocycles. The highest BCUT2D eigenvalue weighted by Crippen LogP contribution is 2.27. The minimum absolute atomic E-state index is 0.180. The number of carbonyl (C=O) groups excluding carboxylic acids is 1. The number of hydrogen-bond acceptors (Lipinski definition) is 5. The molecule has 1 heterocycles. The van der Waals surface area contributed by atoms with E-state index in [2.05, 4.69) is 5.32 Å². The van der Waals surface area contributed by atoms with Crippen LogP contribution in [0.1, 0.15) is 42.5 Å². The third-order valence-electron chi connectivity index (χ3n) is 3.57. The number of nitrogens with one attached hydrogen (secondary N) is 1. The molecule has 1 aromatic rings. The third kappa shape index (κ3) is 3.80. The summed E-state index contributed by atoms with van der Waals surface area (Å²) in [6, 6.07) is 1.38. The molecule has 1 aliphatic rings. The Morgan fingerprint density at radius 1 is 1.40 bits per heavy atom. The van der Waals surface area contributed by atoms with Gasteiger partial charge >= 0.3 is 0 Å². The molecule has 20 heavy (non-hydrogen) atoms. The summed E-state index contributed by atoms with van der Waals surface area (Å²) in [5.74, 6) is -0.338. The molecule has 0 bridgehead atoms. The maximum atomic E-state index is 12.0. The van der Waals surface area contributed by atoms with E-state index in [0.29, 0.717) is 18.4 Å². The molecule has 0 aliphatic heterocycles. The Morgan fingerprint density at radius 3 is 2.60 bits per heavy atom. The summed E-state index contributed by atoms with van der Waals surface area (Å²) in [5.41, 5.74) is -0.487. The predicted octanol–water partition coefficient (Wildman–Crippen LogP) is 1.58. The van der Waals surface area contributed by atoms with Gasteiger partial charge in [-0.3, -0.25) is 4.79 Å². The van der Waals surface area contributed by atoms with Gasteiger partial charge < -0.3 is 10.4 Å². The van der Waals surface area contributed by atoms with Crippen molar-refractivity contribution >= 4 is 27.1 Å². The summed E-state index contributed by atoms with van der Waals surface area (Å²) in [6.45, 7) is 0.218. The van der Waals surface area contributed by atoms with Gasteiger partial charge in [-0.05, 0) is 18.9 Å². The molecule has 1 aromatic heterocycles. The lowest BCUT2D eigenvalue weighted by Gasteiger charge is -2.32. The molecule has 112 valence electrons. The number of rotatable bonds is 4. The molecular formula is C13H19NO4S2. The summed E-state index contributed by atoms with van der Waals surface area (Å²) < 4.78 is 22.9. The normalized spacial score (nSPS) is 18.7. The second-order valence-electron chi connectivity index (χ2n) is 5.39. The SMILES string of the molecule is CS(=O)(=O)c1cc(C(=O)NCC2(O)CCCCC2)cs1. The van der Waals surface area contributed by atoms with E-state index in [0.717, 1.165) is 36.9 Å². The van der Waals surface area contributed by atoms with E-state index in [4.69, 9.17) is 0 Å². The van der Waals surface area contributed by atoms with Crippen molar-refractivity contribution in [3.05, 3.63) is 17.0 Å². The smallest absolute Gasteiger partial charge is 0.252 e. The molecule has 0 atom stereocenters. The molecule has 2 N–H and O–H groups in total. The fourth-order valence-electron chi connectivity index (χ4n) is 2.36. The van der Waals surface area contributed by atoms with Crippen molar-refractivity contribution in [1.82, 2.24) is 5.32 Å². The first-order valence-electron chi connectivity index (χ1n) is 6.59. The zero-order chi connectivity index (χ0) is 14.8. The maximum Gasteiger partial charge on any atom is 0.252 e. The maximum absolute atomic E-state index is 12.0. The van der Waals surface area contributed by atoms with Crippen molar-refractivity contribution in [2.24, 2.45) is 0 Å². The standard InChI is InChI=1S/C13H19NO4S2/c1-20(17,18)11-7-10(8-19-11)12(15)14-9-13(16)5-3-2-4-6-13/h7-8,16H,2-6,9H2,1H3,(H,14,15). The molecular weight excluding hydrogens is 298 g/mol. The number of thiophene rings is 1. The Labute approximate surface area is 122 Å². The van der Waals surface area contributed by atoms with Crippen molar-refractivity contribution in [2.45, 2.75) is 41.9 Å². The van der Waals surface area contributed by atoms with E-state index < -0.39 is 15.4 Å². The molecule has 0 radical (unpaired) electrons. The molecule has 1 fully saturated rings. The van der Waals surface area contributed by atoms with Crippen LogP contribution in [0.25, 0.3) is 0 Å². The molecule has 7 heteroatoms. The minimum Gasteiger partial charge on any atom is -0.388 e. The van der Waals surface area contributed by atoms with Crippen molar-refractivity contribution in [2.75, 3.05) is 12.8 Å². The Balaban J connectivity index is 1.97. The summed E-state index contributed by atoms with van der Waals surface area (Å²) in [4.78, 5) is 12.0. The number of sulfone groups is 1. The van der Waals surface area contributed by atoms with Crippen LogP contribution in [0.5, 0.6) is 0 Å². The first-order chi connectivity index (χ1) is 9.30. The second-order valence-corrected chi connectivity index (χ2v) is 8.55. The number of amides is 1. The van der Waals surface area contributed by atoms with Crippen LogP contribution in [0.2, 0.25) is 0 Å². The van der Waals surface area contributed by atoms with Gasteiger partial charge in [-0.25, -0.2) is 8.42 Å². The van der Waals surface area contributed by atoms with Crippen LogP contribution < -0.4 is 5.32 Å². The highest BCUT2D eigenvalue weighted by Gasteiger charge is 2.29. The Hall–Kier alpha value is -0.920. The van der Waals surface area contributed by atoms with Gasteiger partial charge in [0.15, 0.2) is 9.84 Å². The summed E-state index contributed by atoms with van der Waals surface area (Å²) >= 11 is 1.03. The molecule has 1 amide bonds. The first kappa shape index (κ1) is 15.5. The minimum atomic E-state index is -3.27. The van der Waals surface area contributed by atoms with E-state index in [1.807, 2.05) is 0 Å². The molecule has 0 unspecified atom stereocenters. The van der Waals surface area contributed by atoms with Crippen LogP contribution in [-0.4, -0.2) is 37.8 Å². The topological polar surface area (TPSA) is 83.5 Å². The predicted molar refractivity (Wildman–Crippen MR) is 77.8 cm³/mol. The quantitative estimate of drug-likeness (QED) is 0.883. The van der Waals surface area contributed by atoms with Crippen LogP contribution in [0.3, 0.4) is 0 Å². The molecule has 1 aliphatic carbocycles. The molecule has 0 spiro atoms. The van der Waals surface area contributed by atoms with Crippen LogP contribution >= 0.6 is 11.3 Å². The third-order valence-corrected chi connectivity index (χ3v) is 6.33. The summed E-state index contributed by atoms with van der Waals surface area (Å²) in [7, 11) is -3.27. The van der Waals surface area contributed by atoms with Gasteiger partial charge in [0.05, 0.1) is 11.2 Å². The van der Waals surface area contributed by atoms with Gasteiger partial charge in [0.25, 0.3) is 5.91 Å². The van der Waals surface area contributed by atoms with Crippen LogP contribution in [0.4, 0.5) is 0 Å². The highest BCUT2D eigenvalue weighted by atomic mass is 32.2. The zero-order valence-corrected chi connectivity index (χ0v) is 13.0. The lowest BCUT2D eigenvalue weighted by Crippen LogP contribution is -2.44. The van der Waals surface area contributed by atoms with Crippen molar-refractivity contribution < 1.29 is 18.3 Å². The fraction of sp³-hybridized carbons (Fsp3) is 0.615. The van der Waals surface area contributed by atoms with Gasteiger partial charge in [-0.1, -0.05) is 19.3 Å². The van der Waals surface area contributed by atoms with E-state index in [1.54, 1.807) is 0 Å². The highest BCUT2D eigenvalue weighted by molar-refractivity contribution is 7.92. The van der Waals surface area contributed by atoms with Gasteiger partial charge in [0.2, 0.25) is 0 Å². The Kier molecular flexibility index (Phi) is 4.51. The fourth-order valence-corrected chi connectivity index (χ4v) is 4.16. The first-order valence-corrected chi connectivity index (χ1v) is 9.36. The molecule has 1 saturated carbocycles. The molecule has 5 nitrogen and oxygen atoms in total. The second kappa shape index (κ2) is 5.83. The zero-order valence-electron chi connectivity index (χ0n) is 11.4. The molecule has 0 saturated heterocycles. The van der Waals surface area contributed by atoms with E-state index in [-0.39, 0.29) is 16.7 Å². The van der Waals surface area contributed by atoms with Crippen molar-refractivity contribution in [1.29, 1.82) is 0 Å². The van der Waals surface area contributed by atoms with Crippen LogP contribution in [0, 0.1) is 0 Å². The average Bonchev–Trinajstić information content (AvgIpc) is 2.86. The van der Waals surface area contributed by atoms with Gasteiger partial charge in [0, 0.05) is 18.2 Å². The lowest BCUT2D eigenvalue weighted by molar-refractivity contribution is 0.00526. The van der Waals surface area contributed by atoms with Crippen LogP contribution in [0.15, 0.2) is 15.7 Å². The van der Waals surface area contributed by atoms with Gasteiger partial charge in [0.1, 0.15) is 4.21 Å². The lowest BCUT2D eigenvalue weighted by atomic mass is 9.85. The monoisotopic (exact) mass is 317 g/mol. The largest absolute Gasteiger partial charge is 0.388 e. The Bertz CT molecular complexity index is 585. The summed E-state index contributed by atoms with van der Waals surface area (Å²) in [6.07, 6.45) is 5.59. The number of aliphatic hydroxyl groups is 1. The van der Waals surface area contributed by atoms with Crippen LogP contribution in [-0.2, 0) is 9.84 Å². The van der Waals surface area contributed by atoms with E-state index in [1.165, 1.54) is 11.4 Å². The average molecular weight is 317 g/mol. The van der Waals surface area contributed by atoms with Crippen molar-refractivity contribution in [3.8, 4) is 0 Å². The number of carbonyl (C=O) groups is 1. The van der Waals surface area contributed by atoms with Gasteiger partial charge in [-0.2, -0.15) is 0 Å². The van der Waals surface area contributed by atoms with E-state index >= 15 is 0 Å². The van der Waals surface area contributed by atoms with E-state index in [9.17, 15) is 18.3 Å². The molecule has 2 rings (SSSR count).